The van der Waals surface area contributed by atoms with E-state index in [1.165, 1.54) is 11.1 Å². The second kappa shape index (κ2) is 6.01. The van der Waals surface area contributed by atoms with Crippen LogP contribution in [0.4, 0.5) is 0 Å². The summed E-state index contributed by atoms with van der Waals surface area (Å²) in [5.74, 6) is 0.176. The van der Waals surface area contributed by atoms with E-state index >= 15 is 0 Å². The summed E-state index contributed by atoms with van der Waals surface area (Å²) in [5, 5.41) is 9.22. The normalized spacial score (nSPS) is 19.2. The van der Waals surface area contributed by atoms with Gasteiger partial charge in [0.25, 0.3) is 0 Å². The Labute approximate surface area is 108 Å². The van der Waals surface area contributed by atoms with Gasteiger partial charge in [0.2, 0.25) is 5.91 Å². The first kappa shape index (κ1) is 13.1. The minimum Gasteiger partial charge on any atom is -0.394 e. The highest BCUT2D eigenvalue weighted by atomic mass is 16.3. The molecule has 0 spiro atoms. The SMILES string of the molecule is Cc1ccccc1CCC(=O)N1CCC[C@@H]1CO. The fourth-order valence-corrected chi connectivity index (χ4v) is 2.63. The number of amides is 1. The molecule has 0 aromatic heterocycles. The maximum Gasteiger partial charge on any atom is 0.223 e. The van der Waals surface area contributed by atoms with E-state index in [1.54, 1.807) is 0 Å². The fraction of sp³-hybridized carbons (Fsp3) is 0.533. The van der Waals surface area contributed by atoms with Gasteiger partial charge in [-0.25, -0.2) is 0 Å². The average Bonchev–Trinajstić information content (AvgIpc) is 2.86. The smallest absolute Gasteiger partial charge is 0.223 e. The Morgan fingerprint density at radius 3 is 2.94 bits per heavy atom. The van der Waals surface area contributed by atoms with Crippen molar-refractivity contribution >= 4 is 5.91 Å². The molecular weight excluding hydrogens is 226 g/mol. The lowest BCUT2D eigenvalue weighted by Gasteiger charge is -2.23. The standard InChI is InChI=1S/C15H21NO2/c1-12-5-2-3-6-13(12)8-9-15(18)16-10-4-7-14(16)11-17/h2-3,5-6,14,17H,4,7-11H2,1H3/t14-/m1/s1. The number of likely N-dealkylation sites (tertiary alicyclic amines) is 1. The van der Waals surface area contributed by atoms with Gasteiger partial charge in [-0.2, -0.15) is 0 Å². The fourth-order valence-electron chi connectivity index (χ4n) is 2.63. The molecule has 3 heteroatoms. The van der Waals surface area contributed by atoms with Crippen molar-refractivity contribution in [2.75, 3.05) is 13.2 Å². The summed E-state index contributed by atoms with van der Waals surface area (Å²) < 4.78 is 0. The van der Waals surface area contributed by atoms with Gasteiger partial charge in [-0.15, -0.1) is 0 Å². The van der Waals surface area contributed by atoms with E-state index in [0.717, 1.165) is 25.8 Å². The van der Waals surface area contributed by atoms with E-state index in [2.05, 4.69) is 19.1 Å². The van der Waals surface area contributed by atoms with E-state index in [4.69, 9.17) is 0 Å². The summed E-state index contributed by atoms with van der Waals surface area (Å²) in [7, 11) is 0. The maximum absolute atomic E-state index is 12.1. The number of aryl methyl sites for hydroxylation is 2. The highest BCUT2D eigenvalue weighted by Gasteiger charge is 2.27. The van der Waals surface area contributed by atoms with Gasteiger partial charge >= 0.3 is 0 Å². The quantitative estimate of drug-likeness (QED) is 0.883. The molecule has 1 N–H and O–H groups in total. The summed E-state index contributed by atoms with van der Waals surface area (Å²) in [5.41, 5.74) is 2.48. The lowest BCUT2D eigenvalue weighted by molar-refractivity contribution is -0.132. The first-order chi connectivity index (χ1) is 8.72. The van der Waals surface area contributed by atoms with Crippen LogP contribution in [0.1, 0.15) is 30.4 Å². The lowest BCUT2D eigenvalue weighted by Crippen LogP contribution is -2.37. The molecule has 2 rings (SSSR count). The van der Waals surface area contributed by atoms with Gasteiger partial charge in [0.05, 0.1) is 12.6 Å². The van der Waals surface area contributed by atoms with Gasteiger partial charge in [0.15, 0.2) is 0 Å². The molecule has 1 aromatic rings. The Morgan fingerprint density at radius 1 is 1.44 bits per heavy atom. The summed E-state index contributed by atoms with van der Waals surface area (Å²) in [6, 6.07) is 8.24. The van der Waals surface area contributed by atoms with Crippen LogP contribution in [0.5, 0.6) is 0 Å². The van der Waals surface area contributed by atoms with Crippen LogP contribution in [0.25, 0.3) is 0 Å². The topological polar surface area (TPSA) is 40.5 Å². The first-order valence-corrected chi connectivity index (χ1v) is 6.67. The average molecular weight is 247 g/mol. The van der Waals surface area contributed by atoms with Crippen LogP contribution in [0.15, 0.2) is 24.3 Å². The molecule has 1 aliphatic rings. The Hall–Kier alpha value is -1.35. The number of hydrogen-bond acceptors (Lipinski definition) is 2. The van der Waals surface area contributed by atoms with Crippen LogP contribution in [0, 0.1) is 6.92 Å². The summed E-state index contributed by atoms with van der Waals surface area (Å²) in [4.78, 5) is 14.0. The zero-order chi connectivity index (χ0) is 13.0. The minimum atomic E-state index is 0.0503. The van der Waals surface area contributed by atoms with Crippen molar-refractivity contribution in [2.24, 2.45) is 0 Å². The lowest BCUT2D eigenvalue weighted by atomic mass is 10.0. The number of carbonyl (C=O) groups excluding carboxylic acids is 1. The number of hydrogen-bond donors (Lipinski definition) is 1. The first-order valence-electron chi connectivity index (χ1n) is 6.67. The molecule has 1 heterocycles. The van der Waals surface area contributed by atoms with E-state index in [-0.39, 0.29) is 18.6 Å². The third-order valence-electron chi connectivity index (χ3n) is 3.78. The molecule has 1 saturated heterocycles. The summed E-state index contributed by atoms with van der Waals surface area (Å²) in [6.45, 7) is 2.97. The molecule has 0 aliphatic carbocycles. The Balaban J connectivity index is 1.90. The minimum absolute atomic E-state index is 0.0503. The molecule has 0 saturated carbocycles. The molecule has 3 nitrogen and oxygen atoms in total. The molecule has 1 fully saturated rings. The predicted molar refractivity (Wildman–Crippen MR) is 71.3 cm³/mol. The van der Waals surface area contributed by atoms with Crippen molar-refractivity contribution in [1.82, 2.24) is 4.90 Å². The highest BCUT2D eigenvalue weighted by molar-refractivity contribution is 5.77. The largest absolute Gasteiger partial charge is 0.394 e. The Kier molecular flexibility index (Phi) is 4.37. The van der Waals surface area contributed by atoms with Gasteiger partial charge in [0, 0.05) is 13.0 Å². The van der Waals surface area contributed by atoms with Gasteiger partial charge in [-0.1, -0.05) is 24.3 Å². The van der Waals surface area contributed by atoms with E-state index in [0.29, 0.717) is 6.42 Å². The van der Waals surface area contributed by atoms with Crippen molar-refractivity contribution in [3.05, 3.63) is 35.4 Å². The monoisotopic (exact) mass is 247 g/mol. The van der Waals surface area contributed by atoms with Crippen LogP contribution in [0.2, 0.25) is 0 Å². The van der Waals surface area contributed by atoms with Gasteiger partial charge in [-0.05, 0) is 37.3 Å². The van der Waals surface area contributed by atoms with Crippen molar-refractivity contribution in [1.29, 1.82) is 0 Å². The molecule has 98 valence electrons. The highest BCUT2D eigenvalue weighted by Crippen LogP contribution is 2.19. The third-order valence-corrected chi connectivity index (χ3v) is 3.78. The second-order valence-electron chi connectivity index (χ2n) is 4.99. The molecule has 0 bridgehead atoms. The zero-order valence-electron chi connectivity index (χ0n) is 10.9. The molecule has 1 aliphatic heterocycles. The molecule has 18 heavy (non-hydrogen) atoms. The number of benzene rings is 1. The number of aliphatic hydroxyl groups is 1. The molecule has 0 unspecified atom stereocenters. The van der Waals surface area contributed by atoms with Crippen LogP contribution in [-0.2, 0) is 11.2 Å². The third kappa shape index (κ3) is 2.91. The van der Waals surface area contributed by atoms with Gasteiger partial charge in [0.1, 0.15) is 0 Å². The molecule has 0 radical (unpaired) electrons. The molecular formula is C15H21NO2. The van der Waals surface area contributed by atoms with Gasteiger partial charge < -0.3 is 10.0 Å². The predicted octanol–water partition coefficient (Wildman–Crippen LogP) is 1.91. The van der Waals surface area contributed by atoms with E-state index in [1.807, 2.05) is 17.0 Å². The maximum atomic E-state index is 12.1. The number of carbonyl (C=O) groups is 1. The molecule has 1 aromatic carbocycles. The summed E-state index contributed by atoms with van der Waals surface area (Å²) >= 11 is 0. The number of nitrogens with zero attached hydrogens (tertiary/aromatic N) is 1. The zero-order valence-corrected chi connectivity index (χ0v) is 10.9. The number of aliphatic hydroxyl groups excluding tert-OH is 1. The molecule has 1 atom stereocenters. The van der Waals surface area contributed by atoms with Crippen LogP contribution >= 0.6 is 0 Å². The van der Waals surface area contributed by atoms with E-state index < -0.39 is 0 Å². The number of rotatable bonds is 4. The van der Waals surface area contributed by atoms with Crippen LogP contribution in [0.3, 0.4) is 0 Å². The van der Waals surface area contributed by atoms with Gasteiger partial charge in [-0.3, -0.25) is 4.79 Å². The van der Waals surface area contributed by atoms with Crippen molar-refractivity contribution in [3.8, 4) is 0 Å². The van der Waals surface area contributed by atoms with Crippen molar-refractivity contribution < 1.29 is 9.90 Å². The van der Waals surface area contributed by atoms with Crippen molar-refractivity contribution in [2.45, 2.75) is 38.6 Å². The molecule has 1 amide bonds. The summed E-state index contributed by atoms with van der Waals surface area (Å²) in [6.07, 6.45) is 3.29. The Bertz CT molecular complexity index is 417. The van der Waals surface area contributed by atoms with Crippen molar-refractivity contribution in [3.63, 3.8) is 0 Å². The van der Waals surface area contributed by atoms with Crippen LogP contribution in [-0.4, -0.2) is 35.1 Å². The van der Waals surface area contributed by atoms with Crippen LogP contribution < -0.4 is 0 Å². The van der Waals surface area contributed by atoms with E-state index in [9.17, 15) is 9.90 Å². The Morgan fingerprint density at radius 2 is 2.22 bits per heavy atom. The second-order valence-corrected chi connectivity index (χ2v) is 4.99.